The Morgan fingerprint density at radius 1 is 1.25 bits per heavy atom. The smallest absolute Gasteiger partial charge is 0.357 e. The van der Waals surface area contributed by atoms with Gasteiger partial charge in [0.05, 0.1) is 11.2 Å². The molecule has 0 saturated heterocycles. The Morgan fingerprint density at radius 3 is 2.58 bits per heavy atom. The standard InChI is InChI=1S/C17H22N4O3/c1-17(2,3)21-13(8-12(20-21)10-4-5-10)16(22)23-9-14-18-19-15(24-14)11-6-7-11/h8,10-11H,4-7,9H2,1-3H3. The summed E-state index contributed by atoms with van der Waals surface area (Å²) in [4.78, 5) is 12.5. The zero-order valence-corrected chi connectivity index (χ0v) is 14.3. The van der Waals surface area contributed by atoms with E-state index in [0.717, 1.165) is 31.4 Å². The Balaban J connectivity index is 1.48. The number of ether oxygens (including phenoxy) is 1. The summed E-state index contributed by atoms with van der Waals surface area (Å²) in [6.45, 7) is 6.06. The van der Waals surface area contributed by atoms with Gasteiger partial charge in [-0.15, -0.1) is 10.2 Å². The second-order valence-electron chi connectivity index (χ2n) is 7.70. The zero-order valence-electron chi connectivity index (χ0n) is 14.3. The van der Waals surface area contributed by atoms with Crippen LogP contribution in [0.3, 0.4) is 0 Å². The molecule has 0 atom stereocenters. The van der Waals surface area contributed by atoms with E-state index in [1.54, 1.807) is 4.68 Å². The van der Waals surface area contributed by atoms with Crippen LogP contribution in [-0.4, -0.2) is 25.9 Å². The molecule has 0 unspecified atom stereocenters. The minimum absolute atomic E-state index is 0.00730. The molecule has 0 spiro atoms. The Hall–Kier alpha value is -2.18. The lowest BCUT2D eigenvalue weighted by Gasteiger charge is -2.21. The van der Waals surface area contributed by atoms with Crippen molar-refractivity contribution in [3.63, 3.8) is 0 Å². The molecule has 2 fully saturated rings. The van der Waals surface area contributed by atoms with Gasteiger partial charge in [-0.25, -0.2) is 4.79 Å². The van der Waals surface area contributed by atoms with Crippen LogP contribution in [0.15, 0.2) is 10.5 Å². The lowest BCUT2D eigenvalue weighted by molar-refractivity contribution is 0.0414. The molecule has 2 heterocycles. The topological polar surface area (TPSA) is 83.0 Å². The predicted molar refractivity (Wildman–Crippen MR) is 84.6 cm³/mol. The van der Waals surface area contributed by atoms with Crippen molar-refractivity contribution in [1.29, 1.82) is 0 Å². The van der Waals surface area contributed by atoms with Crippen LogP contribution in [0.2, 0.25) is 0 Å². The number of hydrogen-bond acceptors (Lipinski definition) is 6. The Labute approximate surface area is 140 Å². The first-order valence-corrected chi connectivity index (χ1v) is 8.51. The third-order valence-electron chi connectivity index (χ3n) is 4.30. The van der Waals surface area contributed by atoms with Crippen LogP contribution >= 0.6 is 0 Å². The predicted octanol–water partition coefficient (Wildman–Crippen LogP) is 3.13. The molecule has 0 radical (unpaired) electrons. The number of rotatable bonds is 5. The summed E-state index contributed by atoms with van der Waals surface area (Å²) in [5.74, 6) is 1.46. The molecular formula is C17H22N4O3. The lowest BCUT2D eigenvalue weighted by atomic mass is 10.1. The van der Waals surface area contributed by atoms with Crippen LogP contribution < -0.4 is 0 Å². The van der Waals surface area contributed by atoms with E-state index in [-0.39, 0.29) is 12.1 Å². The van der Waals surface area contributed by atoms with E-state index in [1.807, 2.05) is 26.8 Å². The van der Waals surface area contributed by atoms with E-state index < -0.39 is 5.97 Å². The molecular weight excluding hydrogens is 308 g/mol. The van der Waals surface area contributed by atoms with Crippen LogP contribution in [-0.2, 0) is 16.9 Å². The van der Waals surface area contributed by atoms with E-state index in [0.29, 0.717) is 29.3 Å². The van der Waals surface area contributed by atoms with Gasteiger partial charge in [0.15, 0.2) is 6.61 Å². The van der Waals surface area contributed by atoms with Gasteiger partial charge < -0.3 is 9.15 Å². The second kappa shape index (κ2) is 5.43. The van der Waals surface area contributed by atoms with Crippen molar-refractivity contribution in [2.75, 3.05) is 0 Å². The van der Waals surface area contributed by atoms with Crippen molar-refractivity contribution in [2.24, 2.45) is 0 Å². The molecule has 0 N–H and O–H groups in total. The fourth-order valence-electron chi connectivity index (χ4n) is 2.66. The van der Waals surface area contributed by atoms with Crippen LogP contribution in [0.5, 0.6) is 0 Å². The highest BCUT2D eigenvalue weighted by molar-refractivity contribution is 5.87. The molecule has 4 rings (SSSR count). The molecule has 128 valence electrons. The van der Waals surface area contributed by atoms with Crippen molar-refractivity contribution in [2.45, 2.75) is 70.4 Å². The quantitative estimate of drug-likeness (QED) is 0.783. The van der Waals surface area contributed by atoms with E-state index in [4.69, 9.17) is 9.15 Å². The average molecular weight is 330 g/mol. The molecule has 7 heteroatoms. The maximum absolute atomic E-state index is 12.5. The molecule has 2 saturated carbocycles. The summed E-state index contributed by atoms with van der Waals surface area (Å²) in [6.07, 6.45) is 4.47. The first-order valence-electron chi connectivity index (χ1n) is 8.51. The van der Waals surface area contributed by atoms with Gasteiger partial charge in [-0.05, 0) is 52.5 Å². The van der Waals surface area contributed by atoms with Gasteiger partial charge in [0.1, 0.15) is 5.69 Å². The van der Waals surface area contributed by atoms with Crippen molar-refractivity contribution >= 4 is 5.97 Å². The van der Waals surface area contributed by atoms with Gasteiger partial charge in [-0.2, -0.15) is 5.10 Å². The fourth-order valence-corrected chi connectivity index (χ4v) is 2.66. The molecule has 0 aromatic carbocycles. The summed E-state index contributed by atoms with van der Waals surface area (Å²) in [7, 11) is 0. The summed E-state index contributed by atoms with van der Waals surface area (Å²) in [6, 6.07) is 1.86. The lowest BCUT2D eigenvalue weighted by Crippen LogP contribution is -2.27. The van der Waals surface area contributed by atoms with Crippen molar-refractivity contribution in [1.82, 2.24) is 20.0 Å². The third kappa shape index (κ3) is 3.07. The maximum atomic E-state index is 12.5. The maximum Gasteiger partial charge on any atom is 0.357 e. The minimum atomic E-state index is -0.407. The summed E-state index contributed by atoms with van der Waals surface area (Å²) < 4.78 is 12.7. The van der Waals surface area contributed by atoms with E-state index in [1.165, 1.54) is 0 Å². The largest absolute Gasteiger partial charge is 0.451 e. The Morgan fingerprint density at radius 2 is 1.96 bits per heavy atom. The second-order valence-corrected chi connectivity index (χ2v) is 7.70. The highest BCUT2D eigenvalue weighted by atomic mass is 16.5. The van der Waals surface area contributed by atoms with E-state index >= 15 is 0 Å². The van der Waals surface area contributed by atoms with Crippen molar-refractivity contribution in [3.8, 4) is 0 Å². The molecule has 0 amide bonds. The first-order chi connectivity index (χ1) is 11.4. The van der Waals surface area contributed by atoms with Crippen LogP contribution in [0.1, 0.15) is 86.3 Å². The monoisotopic (exact) mass is 330 g/mol. The average Bonchev–Trinajstić information content (AvgIpc) is 3.46. The molecule has 2 aliphatic carbocycles. The molecule has 2 aromatic heterocycles. The number of carbonyl (C=O) groups excluding carboxylic acids is 1. The molecule has 2 aliphatic rings. The molecule has 0 aliphatic heterocycles. The number of esters is 1. The van der Waals surface area contributed by atoms with Gasteiger partial charge in [0.25, 0.3) is 5.89 Å². The first kappa shape index (κ1) is 15.4. The van der Waals surface area contributed by atoms with Crippen LogP contribution in [0, 0.1) is 0 Å². The van der Waals surface area contributed by atoms with Crippen molar-refractivity contribution in [3.05, 3.63) is 29.2 Å². The highest BCUT2D eigenvalue weighted by Crippen LogP contribution is 2.40. The normalized spacial score (nSPS) is 18.0. The molecule has 24 heavy (non-hydrogen) atoms. The summed E-state index contributed by atoms with van der Waals surface area (Å²) in [5, 5.41) is 12.6. The van der Waals surface area contributed by atoms with E-state index in [9.17, 15) is 4.79 Å². The van der Waals surface area contributed by atoms with Gasteiger partial charge in [0.2, 0.25) is 5.89 Å². The summed E-state index contributed by atoms with van der Waals surface area (Å²) in [5.41, 5.74) is 1.17. The Bertz CT molecular complexity index is 763. The fraction of sp³-hybridized carbons (Fsp3) is 0.647. The number of aromatic nitrogens is 4. The van der Waals surface area contributed by atoms with Gasteiger partial charge >= 0.3 is 5.97 Å². The van der Waals surface area contributed by atoms with Gasteiger partial charge in [-0.1, -0.05) is 0 Å². The highest BCUT2D eigenvalue weighted by Gasteiger charge is 2.32. The Kier molecular flexibility index (Phi) is 3.47. The third-order valence-corrected chi connectivity index (χ3v) is 4.30. The zero-order chi connectivity index (χ0) is 16.9. The molecule has 0 bridgehead atoms. The van der Waals surface area contributed by atoms with E-state index in [2.05, 4.69) is 15.3 Å². The molecule has 7 nitrogen and oxygen atoms in total. The van der Waals surface area contributed by atoms with Crippen LogP contribution in [0.4, 0.5) is 0 Å². The molecule has 2 aromatic rings. The van der Waals surface area contributed by atoms with Gasteiger partial charge in [-0.3, -0.25) is 4.68 Å². The summed E-state index contributed by atoms with van der Waals surface area (Å²) >= 11 is 0. The number of carbonyl (C=O) groups is 1. The number of hydrogen-bond donors (Lipinski definition) is 0. The van der Waals surface area contributed by atoms with Crippen molar-refractivity contribution < 1.29 is 13.9 Å². The van der Waals surface area contributed by atoms with Crippen LogP contribution in [0.25, 0.3) is 0 Å². The SMILES string of the molecule is CC(C)(C)n1nc(C2CC2)cc1C(=O)OCc1nnc(C2CC2)o1. The van der Waals surface area contributed by atoms with Gasteiger partial charge in [0, 0.05) is 11.8 Å². The minimum Gasteiger partial charge on any atom is -0.451 e. The number of nitrogens with zero attached hydrogens (tertiary/aromatic N) is 4.